The normalized spacial score (nSPS) is 47.3. The fraction of sp³-hybridized carbons (Fsp3) is 0.654. The maximum Gasteiger partial charge on any atom is 0.125 e. The molecule has 2 aromatic rings. The summed E-state index contributed by atoms with van der Waals surface area (Å²) in [5.74, 6) is 11.3. The summed E-state index contributed by atoms with van der Waals surface area (Å²) in [7, 11) is 0. The number of aromatic nitrogens is 2. The second-order valence-corrected chi connectivity index (χ2v) is 21.2. The van der Waals surface area contributed by atoms with E-state index in [1.807, 2.05) is 24.8 Å². The summed E-state index contributed by atoms with van der Waals surface area (Å²) >= 11 is 0. The average molecular weight is 751 g/mol. The molecule has 0 saturated heterocycles. The maximum atomic E-state index is 10.7. The minimum atomic E-state index is -0.859. The van der Waals surface area contributed by atoms with Crippen molar-refractivity contribution in [3.8, 4) is 24.7 Å². The van der Waals surface area contributed by atoms with Crippen LogP contribution in [0.4, 0.5) is 0 Å². The van der Waals surface area contributed by atoms with Gasteiger partial charge in [0.05, 0.1) is 0 Å². The molecule has 0 radical (unpaired) electrons. The first-order chi connectivity index (χ1) is 26.8. The van der Waals surface area contributed by atoms with Gasteiger partial charge in [-0.15, -0.1) is 12.8 Å². The van der Waals surface area contributed by atoms with E-state index in [4.69, 9.17) is 12.8 Å². The quantitative estimate of drug-likeness (QED) is 0.300. The number of hydrogen-bond acceptors (Lipinski definition) is 4. The molecular formula is C52H66N2O2. The lowest BCUT2D eigenvalue weighted by Crippen LogP contribution is -2.55. The molecule has 2 unspecified atom stereocenters. The molecule has 296 valence electrons. The predicted octanol–water partition coefficient (Wildman–Crippen LogP) is 11.0. The van der Waals surface area contributed by atoms with Crippen LogP contribution in [-0.4, -0.2) is 31.4 Å². The molecule has 14 atom stereocenters. The highest BCUT2D eigenvalue weighted by atomic mass is 16.3. The van der Waals surface area contributed by atoms with Crippen molar-refractivity contribution in [1.82, 2.24) is 9.97 Å². The molecule has 0 amide bonds. The van der Waals surface area contributed by atoms with E-state index in [1.54, 1.807) is 11.1 Å². The topological polar surface area (TPSA) is 66.2 Å². The Morgan fingerprint density at radius 2 is 1.00 bits per heavy atom. The van der Waals surface area contributed by atoms with Gasteiger partial charge in [0.25, 0.3) is 0 Å². The van der Waals surface area contributed by atoms with E-state index in [1.165, 1.54) is 75.3 Å². The summed E-state index contributed by atoms with van der Waals surface area (Å²) in [6, 6.07) is 8.61. The Kier molecular flexibility index (Phi) is 9.38. The molecule has 56 heavy (non-hydrogen) atoms. The number of terminal acetylenes is 2. The highest BCUT2D eigenvalue weighted by molar-refractivity contribution is 5.73. The molecule has 2 N–H and O–H groups in total. The standard InChI is InChI=1S/2C26H33NO/c2*1-4-26(28)14-13-24(2)19(16-26)7-8-20-22-10-9-21(18-6-5-15-27-17-18)25(22,3)12-11-23(20)24/h2*1,5-6,9,15,17,19-20,22-23,28H,7-8,10-14,16H2,2-3H3/t2*19?,20-,22-,23-,24-,25+,26-/m00/s1. The maximum absolute atomic E-state index is 10.7. The Bertz CT molecular complexity index is 1820. The molecule has 4 nitrogen and oxygen atoms in total. The molecule has 8 aliphatic carbocycles. The fourth-order valence-electron chi connectivity index (χ4n) is 15.8. The van der Waals surface area contributed by atoms with Crippen molar-refractivity contribution < 1.29 is 10.2 Å². The van der Waals surface area contributed by atoms with Crippen LogP contribution in [0.25, 0.3) is 11.1 Å². The molecule has 0 bridgehead atoms. The van der Waals surface area contributed by atoms with E-state index in [-0.39, 0.29) is 0 Å². The summed E-state index contributed by atoms with van der Waals surface area (Å²) in [6.07, 6.45) is 42.3. The lowest BCUT2D eigenvalue weighted by molar-refractivity contribution is -0.128. The van der Waals surface area contributed by atoms with Crippen LogP contribution in [0.5, 0.6) is 0 Å². The number of hydrogen-bond donors (Lipinski definition) is 2. The molecular weight excluding hydrogens is 685 g/mol. The summed E-state index contributed by atoms with van der Waals surface area (Å²) < 4.78 is 0. The highest BCUT2D eigenvalue weighted by Crippen LogP contribution is 2.69. The van der Waals surface area contributed by atoms with E-state index in [2.05, 4.69) is 85.9 Å². The zero-order valence-electron chi connectivity index (χ0n) is 34.6. The van der Waals surface area contributed by atoms with Crippen LogP contribution in [0.1, 0.15) is 142 Å². The van der Waals surface area contributed by atoms with Crippen molar-refractivity contribution in [2.75, 3.05) is 0 Å². The first-order valence-corrected chi connectivity index (χ1v) is 22.4. The molecule has 8 aliphatic rings. The summed E-state index contributed by atoms with van der Waals surface area (Å²) in [5, 5.41) is 21.5. The van der Waals surface area contributed by atoms with Gasteiger partial charge in [-0.2, -0.15) is 0 Å². The van der Waals surface area contributed by atoms with Gasteiger partial charge < -0.3 is 10.2 Å². The molecule has 0 aliphatic heterocycles. The Hall–Kier alpha value is -3.18. The molecule has 2 heterocycles. The third-order valence-electron chi connectivity index (χ3n) is 19.1. The monoisotopic (exact) mass is 751 g/mol. The Morgan fingerprint density at radius 3 is 1.38 bits per heavy atom. The van der Waals surface area contributed by atoms with Gasteiger partial charge in [-0.05, 0) is 206 Å². The summed E-state index contributed by atoms with van der Waals surface area (Å²) in [4.78, 5) is 8.77. The van der Waals surface area contributed by atoms with Crippen molar-refractivity contribution in [1.29, 1.82) is 0 Å². The minimum absolute atomic E-state index is 0.293. The Morgan fingerprint density at radius 1 is 0.571 bits per heavy atom. The number of fused-ring (bicyclic) bond motifs is 10. The van der Waals surface area contributed by atoms with Crippen molar-refractivity contribution in [3.63, 3.8) is 0 Å². The van der Waals surface area contributed by atoms with E-state index in [0.717, 1.165) is 74.0 Å². The Labute approximate surface area is 337 Å². The third-order valence-corrected chi connectivity index (χ3v) is 19.1. The van der Waals surface area contributed by atoms with Gasteiger partial charge in [-0.3, -0.25) is 9.97 Å². The van der Waals surface area contributed by atoms with Gasteiger partial charge in [-0.25, -0.2) is 0 Å². The minimum Gasteiger partial charge on any atom is -0.378 e. The van der Waals surface area contributed by atoms with Crippen molar-refractivity contribution in [2.24, 2.45) is 69.0 Å². The van der Waals surface area contributed by atoms with Crippen LogP contribution in [0.15, 0.2) is 61.2 Å². The van der Waals surface area contributed by atoms with Gasteiger partial charge in [-0.1, -0.05) is 63.8 Å². The van der Waals surface area contributed by atoms with Crippen LogP contribution in [-0.2, 0) is 0 Å². The van der Waals surface area contributed by atoms with Gasteiger partial charge in [0.2, 0.25) is 0 Å². The van der Waals surface area contributed by atoms with Gasteiger partial charge in [0, 0.05) is 24.8 Å². The van der Waals surface area contributed by atoms with Gasteiger partial charge in [0.15, 0.2) is 0 Å². The van der Waals surface area contributed by atoms with Crippen LogP contribution < -0.4 is 0 Å². The second kappa shape index (κ2) is 13.7. The molecule has 6 saturated carbocycles. The smallest absolute Gasteiger partial charge is 0.125 e. The van der Waals surface area contributed by atoms with Crippen molar-refractivity contribution in [2.45, 2.75) is 142 Å². The Balaban J connectivity index is 0.000000146. The molecule has 0 aromatic carbocycles. The van der Waals surface area contributed by atoms with Crippen LogP contribution in [0.2, 0.25) is 0 Å². The third kappa shape index (κ3) is 5.85. The first-order valence-electron chi connectivity index (χ1n) is 22.4. The van der Waals surface area contributed by atoms with E-state index < -0.39 is 11.2 Å². The number of allylic oxidation sites excluding steroid dienone is 4. The molecule has 4 heteroatoms. The number of nitrogens with zero attached hydrogens (tertiary/aromatic N) is 2. The van der Waals surface area contributed by atoms with Gasteiger partial charge in [0.1, 0.15) is 11.2 Å². The fourth-order valence-corrected chi connectivity index (χ4v) is 15.8. The second-order valence-electron chi connectivity index (χ2n) is 21.2. The van der Waals surface area contributed by atoms with E-state index in [9.17, 15) is 10.2 Å². The lowest BCUT2D eigenvalue weighted by Gasteiger charge is -2.61. The summed E-state index contributed by atoms with van der Waals surface area (Å²) in [6.45, 7) is 10.1. The first kappa shape index (κ1) is 38.3. The molecule has 2 aromatic heterocycles. The van der Waals surface area contributed by atoms with E-state index >= 15 is 0 Å². The average Bonchev–Trinajstić information content (AvgIpc) is 3.76. The SMILES string of the molecule is C#C[C@]1(O)CC[C@@]2(C)C(CC[C@@H]3[C@@H]2CC[C@]2(C)C(c4cccnc4)=CC[C@@H]32)C1.C#C[C@]1(O)CC[C@@]2(C)C(CC[C@@H]3[C@@H]2CC[C@]2(C)C(c4cccnc4)=CC[C@@H]32)C1. The summed E-state index contributed by atoms with van der Waals surface area (Å²) in [5.41, 5.74) is 5.30. The molecule has 0 spiro atoms. The molecule has 10 rings (SSSR count). The van der Waals surface area contributed by atoms with Crippen LogP contribution in [0.3, 0.4) is 0 Å². The van der Waals surface area contributed by atoms with Gasteiger partial charge >= 0.3 is 0 Å². The number of aliphatic hydroxyl groups is 2. The number of rotatable bonds is 2. The zero-order chi connectivity index (χ0) is 39.1. The zero-order valence-corrected chi connectivity index (χ0v) is 34.6. The highest BCUT2D eigenvalue weighted by Gasteiger charge is 2.61. The lowest BCUT2D eigenvalue weighted by atomic mass is 9.44. The predicted molar refractivity (Wildman–Crippen MR) is 226 cm³/mol. The molecule has 6 fully saturated rings. The van der Waals surface area contributed by atoms with E-state index in [0.29, 0.717) is 33.5 Å². The van der Waals surface area contributed by atoms with Crippen molar-refractivity contribution in [3.05, 3.63) is 72.3 Å². The van der Waals surface area contributed by atoms with Crippen molar-refractivity contribution >= 4 is 11.1 Å². The van der Waals surface area contributed by atoms with Crippen LogP contribution in [0, 0.1) is 93.7 Å². The van der Waals surface area contributed by atoms with Crippen LogP contribution >= 0.6 is 0 Å². The largest absolute Gasteiger partial charge is 0.378 e. The number of pyridine rings is 2.